The highest BCUT2D eigenvalue weighted by Crippen LogP contribution is 2.32. The number of amides is 2. The Hall–Kier alpha value is -2.37. The van der Waals surface area contributed by atoms with Gasteiger partial charge in [-0.1, -0.05) is 41.9 Å². The number of carbonyl (C=O) groups is 2. The number of nitrogens with zero attached hydrogens (tertiary/aromatic N) is 3. The molecule has 2 aromatic rings. The number of anilines is 2. The van der Waals surface area contributed by atoms with Crippen LogP contribution in [0.5, 0.6) is 0 Å². The van der Waals surface area contributed by atoms with Crippen LogP contribution in [0, 0.1) is 13.8 Å². The molecule has 1 unspecified atom stereocenters. The van der Waals surface area contributed by atoms with Gasteiger partial charge in [0.05, 0.1) is 28.9 Å². The van der Waals surface area contributed by atoms with E-state index in [-0.39, 0.29) is 24.3 Å². The highest BCUT2D eigenvalue weighted by atomic mass is 35.5. The Kier molecular flexibility index (Phi) is 5.13. The van der Waals surface area contributed by atoms with Crippen LogP contribution in [0.1, 0.15) is 17.5 Å². The number of piperazine rings is 1. The van der Waals surface area contributed by atoms with Crippen LogP contribution in [0.3, 0.4) is 0 Å². The van der Waals surface area contributed by atoms with Crippen LogP contribution in [-0.2, 0) is 9.59 Å². The molecule has 2 fully saturated rings. The molecule has 2 aliphatic rings. The molecule has 0 aromatic heterocycles. The smallest absolute Gasteiger partial charge is 0.251 e. The predicted molar refractivity (Wildman–Crippen MR) is 112 cm³/mol. The lowest BCUT2D eigenvalue weighted by Gasteiger charge is -2.38. The van der Waals surface area contributed by atoms with Gasteiger partial charge in [-0.15, -0.1) is 0 Å². The second kappa shape index (κ2) is 7.57. The van der Waals surface area contributed by atoms with Gasteiger partial charge in [-0.05, 0) is 37.1 Å². The van der Waals surface area contributed by atoms with E-state index in [1.54, 1.807) is 0 Å². The molecule has 5 nitrogen and oxygen atoms in total. The fraction of sp³-hybridized carbons (Fsp3) is 0.364. The molecule has 4 rings (SSSR count). The first kappa shape index (κ1) is 19.0. The zero-order chi connectivity index (χ0) is 19.8. The zero-order valence-electron chi connectivity index (χ0n) is 16.2. The molecule has 146 valence electrons. The first-order valence-electron chi connectivity index (χ1n) is 9.64. The van der Waals surface area contributed by atoms with Crippen molar-refractivity contribution in [3.63, 3.8) is 0 Å². The van der Waals surface area contributed by atoms with Gasteiger partial charge in [0.15, 0.2) is 0 Å². The Balaban J connectivity index is 1.49. The van der Waals surface area contributed by atoms with E-state index in [4.69, 9.17) is 11.6 Å². The molecule has 0 aliphatic carbocycles. The molecule has 6 heteroatoms. The third-order valence-electron chi connectivity index (χ3n) is 5.73. The molecule has 2 saturated heterocycles. The summed E-state index contributed by atoms with van der Waals surface area (Å²) in [4.78, 5) is 31.7. The lowest BCUT2D eigenvalue weighted by Crippen LogP contribution is -2.52. The summed E-state index contributed by atoms with van der Waals surface area (Å²) in [6.07, 6.45) is 0.249. The minimum Gasteiger partial charge on any atom is -0.368 e. The third-order valence-corrected chi connectivity index (χ3v) is 6.05. The van der Waals surface area contributed by atoms with Gasteiger partial charge in [0.1, 0.15) is 0 Å². The average Bonchev–Trinajstić information content (AvgIpc) is 2.97. The fourth-order valence-corrected chi connectivity index (χ4v) is 4.53. The summed E-state index contributed by atoms with van der Waals surface area (Å²) in [6, 6.07) is 13.3. The molecular formula is C22H24ClN3O2. The average molecular weight is 398 g/mol. The SMILES string of the molecule is Cc1cccc(C)c1N1C(=O)CC(N2CCN(c3ccccc3Cl)CC2)C1=O. The van der Waals surface area contributed by atoms with Crippen molar-refractivity contribution in [2.75, 3.05) is 36.0 Å². The van der Waals surface area contributed by atoms with Crippen molar-refractivity contribution in [1.82, 2.24) is 4.90 Å². The van der Waals surface area contributed by atoms with E-state index >= 15 is 0 Å². The first-order chi connectivity index (χ1) is 13.5. The van der Waals surface area contributed by atoms with Crippen molar-refractivity contribution in [1.29, 1.82) is 0 Å². The summed E-state index contributed by atoms with van der Waals surface area (Å²) < 4.78 is 0. The van der Waals surface area contributed by atoms with Gasteiger partial charge in [-0.3, -0.25) is 14.5 Å². The molecular weight excluding hydrogens is 374 g/mol. The summed E-state index contributed by atoms with van der Waals surface area (Å²) in [5, 5.41) is 0.740. The Morgan fingerprint density at radius 1 is 0.893 bits per heavy atom. The van der Waals surface area contributed by atoms with Gasteiger partial charge >= 0.3 is 0 Å². The number of halogens is 1. The number of rotatable bonds is 3. The maximum Gasteiger partial charge on any atom is 0.251 e. The zero-order valence-corrected chi connectivity index (χ0v) is 16.9. The van der Waals surface area contributed by atoms with E-state index in [1.165, 1.54) is 4.90 Å². The van der Waals surface area contributed by atoms with Crippen molar-refractivity contribution in [3.8, 4) is 0 Å². The summed E-state index contributed by atoms with van der Waals surface area (Å²) in [5.41, 5.74) is 3.67. The van der Waals surface area contributed by atoms with Crippen molar-refractivity contribution < 1.29 is 9.59 Å². The van der Waals surface area contributed by atoms with Crippen molar-refractivity contribution in [2.45, 2.75) is 26.3 Å². The second-order valence-electron chi connectivity index (χ2n) is 7.50. The molecule has 0 N–H and O–H groups in total. The Labute approximate surface area is 170 Å². The van der Waals surface area contributed by atoms with Crippen LogP contribution in [0.4, 0.5) is 11.4 Å². The van der Waals surface area contributed by atoms with E-state index in [9.17, 15) is 9.59 Å². The maximum atomic E-state index is 13.2. The molecule has 1 atom stereocenters. The van der Waals surface area contributed by atoms with E-state index in [0.29, 0.717) is 0 Å². The first-order valence-corrected chi connectivity index (χ1v) is 10.0. The van der Waals surface area contributed by atoms with Gasteiger partial charge in [-0.25, -0.2) is 4.90 Å². The molecule has 2 aromatic carbocycles. The topological polar surface area (TPSA) is 43.9 Å². The van der Waals surface area contributed by atoms with Crippen LogP contribution in [0.2, 0.25) is 5.02 Å². The highest BCUT2D eigenvalue weighted by molar-refractivity contribution is 6.33. The van der Waals surface area contributed by atoms with E-state index in [1.807, 2.05) is 56.3 Å². The van der Waals surface area contributed by atoms with E-state index in [0.717, 1.165) is 53.7 Å². The van der Waals surface area contributed by atoms with Crippen LogP contribution in [-0.4, -0.2) is 48.9 Å². The largest absolute Gasteiger partial charge is 0.368 e. The number of aryl methyl sites for hydroxylation is 2. The van der Waals surface area contributed by atoms with Gasteiger partial charge in [0, 0.05) is 26.2 Å². The number of benzene rings is 2. The number of hydrogen-bond acceptors (Lipinski definition) is 4. The highest BCUT2D eigenvalue weighted by Gasteiger charge is 2.44. The lowest BCUT2D eigenvalue weighted by molar-refractivity contribution is -0.123. The standard InChI is InChI=1S/C22H24ClN3O2/c1-15-6-5-7-16(2)21(15)26-20(27)14-19(22(26)28)25-12-10-24(11-13-25)18-9-4-3-8-17(18)23/h3-9,19H,10-14H2,1-2H3. The van der Waals surface area contributed by atoms with E-state index in [2.05, 4.69) is 9.80 Å². The van der Waals surface area contributed by atoms with Crippen LogP contribution >= 0.6 is 11.6 Å². The monoisotopic (exact) mass is 397 g/mol. The van der Waals surface area contributed by atoms with Crippen molar-refractivity contribution >= 4 is 34.8 Å². The molecule has 2 heterocycles. The quantitative estimate of drug-likeness (QED) is 0.744. The van der Waals surface area contributed by atoms with E-state index < -0.39 is 0 Å². The lowest BCUT2D eigenvalue weighted by atomic mass is 10.1. The normalized spacial score (nSPS) is 20.9. The van der Waals surface area contributed by atoms with Crippen LogP contribution < -0.4 is 9.80 Å². The summed E-state index contributed by atoms with van der Waals surface area (Å²) in [5.74, 6) is -0.213. The van der Waals surface area contributed by atoms with Gasteiger partial charge in [0.25, 0.3) is 5.91 Å². The van der Waals surface area contributed by atoms with Crippen molar-refractivity contribution in [3.05, 3.63) is 58.6 Å². The number of hydrogen-bond donors (Lipinski definition) is 0. The Bertz CT molecular complexity index is 901. The fourth-order valence-electron chi connectivity index (χ4n) is 4.28. The minimum atomic E-state index is -0.375. The number of para-hydroxylation sites is 2. The summed E-state index contributed by atoms with van der Waals surface area (Å²) >= 11 is 6.32. The van der Waals surface area contributed by atoms with Gasteiger partial charge in [-0.2, -0.15) is 0 Å². The van der Waals surface area contributed by atoms with Crippen LogP contribution in [0.25, 0.3) is 0 Å². The van der Waals surface area contributed by atoms with Gasteiger partial charge < -0.3 is 4.90 Å². The number of imide groups is 1. The molecule has 2 aliphatic heterocycles. The predicted octanol–water partition coefficient (Wildman–Crippen LogP) is 3.41. The Morgan fingerprint density at radius 3 is 2.18 bits per heavy atom. The minimum absolute atomic E-state index is 0.103. The Morgan fingerprint density at radius 2 is 1.54 bits per heavy atom. The third kappa shape index (κ3) is 3.29. The van der Waals surface area contributed by atoms with Crippen molar-refractivity contribution in [2.24, 2.45) is 0 Å². The maximum absolute atomic E-state index is 13.2. The van der Waals surface area contributed by atoms with Gasteiger partial charge in [0.2, 0.25) is 5.91 Å². The molecule has 0 spiro atoms. The molecule has 0 bridgehead atoms. The van der Waals surface area contributed by atoms with Crippen LogP contribution in [0.15, 0.2) is 42.5 Å². The molecule has 0 radical (unpaired) electrons. The number of carbonyl (C=O) groups excluding carboxylic acids is 2. The molecule has 0 saturated carbocycles. The molecule has 28 heavy (non-hydrogen) atoms. The molecule has 2 amide bonds. The summed E-state index contributed by atoms with van der Waals surface area (Å²) in [6.45, 7) is 6.92. The summed E-state index contributed by atoms with van der Waals surface area (Å²) in [7, 11) is 0. The second-order valence-corrected chi connectivity index (χ2v) is 7.91.